The zero-order valence-corrected chi connectivity index (χ0v) is 21.7. The predicted molar refractivity (Wildman–Crippen MR) is 145 cm³/mol. The van der Waals surface area contributed by atoms with Crippen molar-refractivity contribution in [2.45, 2.75) is 97.3 Å². The van der Waals surface area contributed by atoms with Crippen LogP contribution in [0, 0.1) is 5.92 Å². The van der Waals surface area contributed by atoms with Crippen LogP contribution in [-0.2, 0) is 9.59 Å². The lowest BCUT2D eigenvalue weighted by molar-refractivity contribution is -0.120. The van der Waals surface area contributed by atoms with Gasteiger partial charge in [0.2, 0.25) is 0 Å². The molecule has 0 spiro atoms. The van der Waals surface area contributed by atoms with Crippen LogP contribution in [0.1, 0.15) is 103 Å². The van der Waals surface area contributed by atoms with E-state index in [-0.39, 0.29) is 36.2 Å². The van der Waals surface area contributed by atoms with Crippen LogP contribution in [0.4, 0.5) is 0 Å². The Labute approximate surface area is 207 Å². The van der Waals surface area contributed by atoms with Crippen molar-refractivity contribution < 1.29 is 9.59 Å². The number of hydrogen-bond donors (Lipinski definition) is 1. The molecule has 34 heavy (non-hydrogen) atoms. The van der Waals surface area contributed by atoms with Gasteiger partial charge in [-0.2, -0.15) is 0 Å². The highest BCUT2D eigenvalue weighted by atomic mass is 16.1. The molecule has 3 heteroatoms. The molecule has 0 saturated heterocycles. The molecular weight excluding hydrogens is 418 g/mol. The van der Waals surface area contributed by atoms with Gasteiger partial charge in [0.25, 0.3) is 0 Å². The molecule has 3 nitrogen and oxygen atoms in total. The molecule has 1 aromatic carbocycles. The fraction of sp³-hybridized carbons (Fsp3) is 0.516. The fourth-order valence-electron chi connectivity index (χ4n) is 4.34. The molecule has 1 unspecified atom stereocenters. The molecule has 0 aliphatic carbocycles. The first-order valence-electron chi connectivity index (χ1n) is 13.0. The number of carbonyl (C=O) groups is 2. The maximum atomic E-state index is 13.4. The van der Waals surface area contributed by atoms with Gasteiger partial charge < -0.3 is 5.73 Å². The molecule has 1 rings (SSSR count). The summed E-state index contributed by atoms with van der Waals surface area (Å²) in [5.74, 6) is -0.0914. The average Bonchev–Trinajstić information content (AvgIpc) is 2.84. The van der Waals surface area contributed by atoms with Crippen molar-refractivity contribution in [3.63, 3.8) is 0 Å². The largest absolute Gasteiger partial charge is 0.402 e. The van der Waals surface area contributed by atoms with Gasteiger partial charge in [-0.15, -0.1) is 5.73 Å². The Bertz CT molecular complexity index is 859. The number of unbranched alkanes of at least 4 members (excludes halogenated alkanes) is 3. The number of ketones is 2. The first-order chi connectivity index (χ1) is 16.4. The summed E-state index contributed by atoms with van der Waals surface area (Å²) in [6, 6.07) is 9.74. The second kappa shape index (κ2) is 16.9. The van der Waals surface area contributed by atoms with E-state index < -0.39 is 0 Å². The zero-order chi connectivity index (χ0) is 25.3. The average molecular weight is 464 g/mol. The molecule has 186 valence electrons. The Kier molecular flexibility index (Phi) is 14.6. The number of nitrogens with two attached hydrogens (primary N) is 1. The third-order valence-corrected chi connectivity index (χ3v) is 6.54. The summed E-state index contributed by atoms with van der Waals surface area (Å²) in [4.78, 5) is 26.3. The first-order valence-corrected chi connectivity index (χ1v) is 13.0. The highest BCUT2D eigenvalue weighted by Gasteiger charge is 2.24. The van der Waals surface area contributed by atoms with Crippen molar-refractivity contribution in [3.8, 4) is 0 Å². The quantitative estimate of drug-likeness (QED) is 0.104. The molecule has 0 aliphatic rings. The van der Waals surface area contributed by atoms with Gasteiger partial charge in [0.1, 0.15) is 5.78 Å². The number of hydrogen-bond acceptors (Lipinski definition) is 3. The van der Waals surface area contributed by atoms with Crippen LogP contribution in [0.25, 0.3) is 0 Å². The van der Waals surface area contributed by atoms with Crippen LogP contribution in [0.5, 0.6) is 0 Å². The second-order valence-electron chi connectivity index (χ2n) is 9.25. The van der Waals surface area contributed by atoms with E-state index in [0.29, 0.717) is 17.7 Å². The van der Waals surface area contributed by atoms with E-state index in [1.807, 2.05) is 30.3 Å². The number of benzene rings is 1. The molecule has 0 bridgehead atoms. The van der Waals surface area contributed by atoms with E-state index >= 15 is 0 Å². The van der Waals surface area contributed by atoms with Crippen LogP contribution in [0.15, 0.2) is 72.1 Å². The number of carbonyl (C=O) groups excluding carboxylic acids is 2. The summed E-state index contributed by atoms with van der Waals surface area (Å²) in [6.45, 7) is 14.1. The van der Waals surface area contributed by atoms with Gasteiger partial charge in [-0.3, -0.25) is 9.59 Å². The molecule has 0 aromatic heterocycles. The molecular formula is C31H45NO2. The smallest absolute Gasteiger partial charge is 0.169 e. The van der Waals surface area contributed by atoms with Crippen LogP contribution >= 0.6 is 0 Å². The minimum atomic E-state index is -0.210. The number of allylic oxidation sites excluding steroid dienone is 4. The number of Topliss-reactive ketones (excluding diaryl/α,β-unsaturated/α-hetero) is 2. The van der Waals surface area contributed by atoms with Crippen LogP contribution in [-0.4, -0.2) is 11.6 Å². The van der Waals surface area contributed by atoms with E-state index in [4.69, 9.17) is 5.73 Å². The summed E-state index contributed by atoms with van der Waals surface area (Å²) in [5, 5.41) is 0. The first kappa shape index (κ1) is 29.4. The maximum Gasteiger partial charge on any atom is 0.169 e. The van der Waals surface area contributed by atoms with Gasteiger partial charge >= 0.3 is 0 Å². The van der Waals surface area contributed by atoms with Crippen molar-refractivity contribution in [1.82, 2.24) is 0 Å². The van der Waals surface area contributed by atoms with Crippen LogP contribution < -0.4 is 5.73 Å². The van der Waals surface area contributed by atoms with E-state index in [9.17, 15) is 9.59 Å². The van der Waals surface area contributed by atoms with E-state index in [1.54, 1.807) is 0 Å². The third-order valence-electron chi connectivity index (χ3n) is 6.54. The Morgan fingerprint density at radius 3 is 2.24 bits per heavy atom. The summed E-state index contributed by atoms with van der Waals surface area (Å²) >= 11 is 0. The normalized spacial score (nSPS) is 13.1. The van der Waals surface area contributed by atoms with E-state index in [1.165, 1.54) is 5.57 Å². The Morgan fingerprint density at radius 1 is 1.00 bits per heavy atom. The SMILES string of the molecule is C=C=C(CCC(=O)C[C@H](C(=C)N)c1ccccc1)C(=O)C(CCCCC)C/C(=C\C)CCCC. The third kappa shape index (κ3) is 10.5. The molecule has 2 N–H and O–H groups in total. The molecule has 0 saturated carbocycles. The van der Waals surface area contributed by atoms with Crippen LogP contribution in [0.3, 0.4) is 0 Å². The second-order valence-corrected chi connectivity index (χ2v) is 9.25. The van der Waals surface area contributed by atoms with Gasteiger partial charge in [-0.25, -0.2) is 0 Å². The minimum Gasteiger partial charge on any atom is -0.402 e. The van der Waals surface area contributed by atoms with Crippen molar-refractivity contribution in [1.29, 1.82) is 0 Å². The molecule has 0 aliphatic heterocycles. The van der Waals surface area contributed by atoms with Crippen molar-refractivity contribution in [3.05, 3.63) is 77.7 Å². The maximum absolute atomic E-state index is 13.4. The topological polar surface area (TPSA) is 60.2 Å². The standard InChI is InChI=1S/C31H45NO2/c1-6-10-13-19-28(22-25(8-3)16-11-7-2)31(34)26(9-4)20-21-29(33)23-30(24(5)32)27-17-14-12-15-18-27/h8,12,14-15,17-18,28,30H,4-7,10-11,13,16,19-23,32H2,1-3H3/b25-8-/t28?,30-/m1/s1. The lowest BCUT2D eigenvalue weighted by atomic mass is 9.84. The van der Waals surface area contributed by atoms with Crippen LogP contribution in [0.2, 0.25) is 0 Å². The Hall–Kier alpha value is -2.64. The van der Waals surface area contributed by atoms with Gasteiger partial charge in [-0.1, -0.05) is 94.7 Å². The highest BCUT2D eigenvalue weighted by Crippen LogP contribution is 2.28. The lowest BCUT2D eigenvalue weighted by Gasteiger charge is -2.19. The van der Waals surface area contributed by atoms with Crippen molar-refractivity contribution >= 4 is 11.6 Å². The Morgan fingerprint density at radius 2 is 1.68 bits per heavy atom. The Balaban J connectivity index is 2.84. The minimum absolute atomic E-state index is 0.0603. The lowest BCUT2D eigenvalue weighted by Crippen LogP contribution is -2.19. The highest BCUT2D eigenvalue weighted by molar-refractivity contribution is 5.97. The zero-order valence-electron chi connectivity index (χ0n) is 21.7. The monoisotopic (exact) mass is 463 g/mol. The molecule has 0 heterocycles. The molecule has 1 aromatic rings. The fourth-order valence-corrected chi connectivity index (χ4v) is 4.34. The summed E-state index contributed by atoms with van der Waals surface area (Å²) in [6.07, 6.45) is 11.4. The predicted octanol–water partition coefficient (Wildman–Crippen LogP) is 7.99. The molecule has 0 fully saturated rings. The van der Waals surface area contributed by atoms with E-state index in [2.05, 4.69) is 45.7 Å². The van der Waals surface area contributed by atoms with Crippen molar-refractivity contribution in [2.24, 2.45) is 11.7 Å². The van der Waals surface area contributed by atoms with Crippen molar-refractivity contribution in [2.75, 3.05) is 0 Å². The summed E-state index contributed by atoms with van der Waals surface area (Å²) in [7, 11) is 0. The summed E-state index contributed by atoms with van der Waals surface area (Å²) < 4.78 is 0. The molecule has 0 radical (unpaired) electrons. The number of rotatable bonds is 18. The molecule has 2 atom stereocenters. The van der Waals surface area contributed by atoms with Gasteiger partial charge in [0.05, 0.1) is 0 Å². The van der Waals surface area contributed by atoms with Gasteiger partial charge in [0.15, 0.2) is 5.78 Å². The van der Waals surface area contributed by atoms with E-state index in [0.717, 1.165) is 56.9 Å². The molecule has 0 amide bonds. The summed E-state index contributed by atoms with van der Waals surface area (Å²) in [5.41, 5.74) is 12.3. The van der Waals surface area contributed by atoms with Gasteiger partial charge in [-0.05, 0) is 44.6 Å². The van der Waals surface area contributed by atoms with Gasteiger partial charge in [0, 0.05) is 35.9 Å².